The van der Waals surface area contributed by atoms with Gasteiger partial charge < -0.3 is 9.84 Å². The van der Waals surface area contributed by atoms with E-state index in [2.05, 4.69) is 18.8 Å². The molecule has 0 fully saturated rings. The van der Waals surface area contributed by atoms with Crippen LogP contribution in [0.3, 0.4) is 0 Å². The number of rotatable bonds is 6. The molecule has 1 aromatic heterocycles. The van der Waals surface area contributed by atoms with Crippen LogP contribution in [-0.2, 0) is 12.0 Å². The number of aromatic nitrogens is 2. The number of para-hydroxylation sites is 1. The third-order valence-corrected chi connectivity index (χ3v) is 4.03. The largest absolute Gasteiger partial charge is 0.491 e. The minimum Gasteiger partial charge on any atom is -0.491 e. The Balaban J connectivity index is 2.02. The first-order valence-corrected chi connectivity index (χ1v) is 8.65. The van der Waals surface area contributed by atoms with Gasteiger partial charge in [-0.1, -0.05) is 52.8 Å². The lowest BCUT2D eigenvalue weighted by molar-refractivity contribution is 0.0906. The third kappa shape index (κ3) is 5.16. The molecule has 0 radical (unpaired) electrons. The van der Waals surface area contributed by atoms with Crippen LogP contribution in [0.4, 0.5) is 0 Å². The fourth-order valence-electron chi connectivity index (χ4n) is 2.53. The fourth-order valence-corrected chi connectivity index (χ4v) is 2.53. The summed E-state index contributed by atoms with van der Waals surface area (Å²) in [6, 6.07) is 9.33. The summed E-state index contributed by atoms with van der Waals surface area (Å²) in [7, 11) is 0. The number of benzene rings is 1. The summed E-state index contributed by atoms with van der Waals surface area (Å²) in [5.41, 5.74) is 1.50. The molecule has 0 aliphatic heterocycles. The van der Waals surface area contributed by atoms with E-state index in [1.807, 2.05) is 45.0 Å². The quantitative estimate of drug-likeness (QED) is 0.874. The first kappa shape index (κ1) is 19.2. The van der Waals surface area contributed by atoms with Crippen LogP contribution in [0.25, 0.3) is 0 Å². The summed E-state index contributed by atoms with van der Waals surface area (Å²) in [5, 5.41) is 10.2. The van der Waals surface area contributed by atoms with E-state index in [0.717, 1.165) is 17.0 Å². The summed E-state index contributed by atoms with van der Waals surface area (Å²) in [5.74, 6) is 1.11. The van der Waals surface area contributed by atoms with Crippen molar-refractivity contribution in [1.82, 2.24) is 9.55 Å². The number of aliphatic hydroxyl groups excluding tert-OH is 1. The Morgan fingerprint density at radius 2 is 1.92 bits per heavy atom. The van der Waals surface area contributed by atoms with Crippen LogP contribution < -0.4 is 10.3 Å². The van der Waals surface area contributed by atoms with Gasteiger partial charge in [-0.3, -0.25) is 9.36 Å². The van der Waals surface area contributed by atoms with Crippen LogP contribution in [0.15, 0.2) is 41.5 Å². The smallest absolute Gasteiger partial charge is 0.253 e. The van der Waals surface area contributed by atoms with Crippen molar-refractivity contribution in [2.75, 3.05) is 6.61 Å². The Bertz CT molecular complexity index is 760. The number of hydrogen-bond donors (Lipinski definition) is 1. The standard InChI is InChI=1S/C20H28N2O3/c1-14(2)16-8-6-7-9-17(16)25-12-15(23)11-22-13-21-18(10-19(22)24)20(3,4)5/h6-10,13-15,23H,11-12H2,1-5H3. The van der Waals surface area contributed by atoms with Crippen LogP contribution in [0.5, 0.6) is 5.75 Å². The maximum Gasteiger partial charge on any atom is 0.253 e. The Morgan fingerprint density at radius 1 is 1.24 bits per heavy atom. The van der Waals surface area contributed by atoms with Crippen molar-refractivity contribution in [3.8, 4) is 5.75 Å². The van der Waals surface area contributed by atoms with Gasteiger partial charge in [0.2, 0.25) is 0 Å². The SMILES string of the molecule is CC(C)c1ccccc1OCC(O)Cn1cnc(C(C)(C)C)cc1=O. The van der Waals surface area contributed by atoms with E-state index >= 15 is 0 Å². The van der Waals surface area contributed by atoms with Gasteiger partial charge in [-0.25, -0.2) is 4.98 Å². The molecule has 0 saturated heterocycles. The molecule has 136 valence electrons. The molecule has 2 aromatic rings. The first-order valence-electron chi connectivity index (χ1n) is 8.65. The summed E-state index contributed by atoms with van der Waals surface area (Å²) < 4.78 is 7.18. The zero-order valence-electron chi connectivity index (χ0n) is 15.7. The summed E-state index contributed by atoms with van der Waals surface area (Å²) in [6.45, 7) is 10.5. The van der Waals surface area contributed by atoms with Gasteiger partial charge in [0.15, 0.2) is 0 Å². The molecule has 2 rings (SSSR count). The second kappa shape index (κ2) is 7.83. The number of aliphatic hydroxyl groups is 1. The van der Waals surface area contributed by atoms with Gasteiger partial charge in [0, 0.05) is 11.5 Å². The molecule has 0 saturated carbocycles. The predicted molar refractivity (Wildman–Crippen MR) is 99.2 cm³/mol. The van der Waals surface area contributed by atoms with Gasteiger partial charge in [-0.2, -0.15) is 0 Å². The summed E-state index contributed by atoms with van der Waals surface area (Å²) >= 11 is 0. The minimum absolute atomic E-state index is 0.122. The molecule has 0 spiro atoms. The first-order chi connectivity index (χ1) is 11.7. The summed E-state index contributed by atoms with van der Waals surface area (Å²) in [4.78, 5) is 16.5. The Kier molecular flexibility index (Phi) is 6.01. The van der Waals surface area contributed by atoms with Crippen LogP contribution in [0.2, 0.25) is 0 Å². The second-order valence-electron chi connectivity index (χ2n) is 7.67. The fraction of sp³-hybridized carbons (Fsp3) is 0.500. The van der Waals surface area contributed by atoms with Crippen molar-refractivity contribution in [2.45, 2.75) is 58.6 Å². The maximum absolute atomic E-state index is 12.2. The van der Waals surface area contributed by atoms with E-state index in [1.165, 1.54) is 17.0 Å². The van der Waals surface area contributed by atoms with Gasteiger partial charge in [-0.15, -0.1) is 0 Å². The van der Waals surface area contributed by atoms with Gasteiger partial charge in [0.1, 0.15) is 18.5 Å². The molecule has 5 heteroatoms. The van der Waals surface area contributed by atoms with Crippen molar-refractivity contribution in [3.63, 3.8) is 0 Å². The lowest BCUT2D eigenvalue weighted by atomic mass is 9.92. The van der Waals surface area contributed by atoms with Crippen molar-refractivity contribution in [3.05, 3.63) is 58.3 Å². The highest BCUT2D eigenvalue weighted by Crippen LogP contribution is 2.25. The Hall–Kier alpha value is -2.14. The van der Waals surface area contributed by atoms with Crippen molar-refractivity contribution in [1.29, 1.82) is 0 Å². The molecule has 1 atom stereocenters. The molecule has 0 aliphatic carbocycles. The molecule has 1 heterocycles. The highest BCUT2D eigenvalue weighted by Gasteiger charge is 2.17. The topological polar surface area (TPSA) is 64.3 Å². The number of nitrogens with zero attached hydrogens (tertiary/aromatic N) is 2. The van der Waals surface area contributed by atoms with Gasteiger partial charge in [0.05, 0.1) is 18.6 Å². The Labute approximate surface area is 149 Å². The van der Waals surface area contributed by atoms with Crippen molar-refractivity contribution < 1.29 is 9.84 Å². The van der Waals surface area contributed by atoms with E-state index in [4.69, 9.17) is 4.74 Å². The average molecular weight is 344 g/mol. The highest BCUT2D eigenvalue weighted by molar-refractivity contribution is 5.35. The maximum atomic E-state index is 12.2. The van der Waals surface area contributed by atoms with Crippen LogP contribution in [-0.4, -0.2) is 27.4 Å². The normalized spacial score (nSPS) is 13.1. The molecule has 1 aromatic carbocycles. The Morgan fingerprint density at radius 3 is 2.52 bits per heavy atom. The predicted octanol–water partition coefficient (Wildman–Crippen LogP) is 3.10. The molecule has 0 amide bonds. The molecule has 1 unspecified atom stereocenters. The zero-order chi connectivity index (χ0) is 18.6. The zero-order valence-corrected chi connectivity index (χ0v) is 15.7. The molecule has 25 heavy (non-hydrogen) atoms. The highest BCUT2D eigenvalue weighted by atomic mass is 16.5. The van der Waals surface area contributed by atoms with Crippen LogP contribution in [0.1, 0.15) is 51.8 Å². The number of hydrogen-bond acceptors (Lipinski definition) is 4. The lowest BCUT2D eigenvalue weighted by Gasteiger charge is -2.19. The average Bonchev–Trinajstić information content (AvgIpc) is 2.54. The summed E-state index contributed by atoms with van der Waals surface area (Å²) in [6.07, 6.45) is 0.703. The van der Waals surface area contributed by atoms with Gasteiger partial charge in [0.25, 0.3) is 5.56 Å². The number of ether oxygens (including phenoxy) is 1. The molecular weight excluding hydrogens is 316 g/mol. The third-order valence-electron chi connectivity index (χ3n) is 4.03. The van der Waals surface area contributed by atoms with E-state index in [0.29, 0.717) is 5.92 Å². The van der Waals surface area contributed by atoms with Crippen LogP contribution >= 0.6 is 0 Å². The molecule has 1 N–H and O–H groups in total. The minimum atomic E-state index is -0.791. The van der Waals surface area contributed by atoms with Gasteiger partial charge in [-0.05, 0) is 17.5 Å². The van der Waals surface area contributed by atoms with E-state index in [1.54, 1.807) is 0 Å². The van der Waals surface area contributed by atoms with E-state index in [-0.39, 0.29) is 24.1 Å². The monoisotopic (exact) mass is 344 g/mol. The second-order valence-corrected chi connectivity index (χ2v) is 7.67. The molecule has 0 bridgehead atoms. The van der Waals surface area contributed by atoms with E-state index in [9.17, 15) is 9.90 Å². The molecule has 5 nitrogen and oxygen atoms in total. The van der Waals surface area contributed by atoms with Gasteiger partial charge >= 0.3 is 0 Å². The van der Waals surface area contributed by atoms with Crippen molar-refractivity contribution >= 4 is 0 Å². The molecular formula is C20H28N2O3. The van der Waals surface area contributed by atoms with Crippen LogP contribution in [0, 0.1) is 0 Å². The van der Waals surface area contributed by atoms with E-state index < -0.39 is 6.10 Å². The van der Waals surface area contributed by atoms with Crippen molar-refractivity contribution in [2.24, 2.45) is 0 Å². The lowest BCUT2D eigenvalue weighted by Crippen LogP contribution is -2.31. The molecule has 0 aliphatic rings.